The number of aryl methyl sites for hydroxylation is 1. The van der Waals surface area contributed by atoms with E-state index in [-0.39, 0.29) is 22.9 Å². The summed E-state index contributed by atoms with van der Waals surface area (Å²) in [6.07, 6.45) is 4.16. The molecule has 4 rings (SSSR count). The lowest BCUT2D eigenvalue weighted by molar-refractivity contribution is -0.127. The summed E-state index contributed by atoms with van der Waals surface area (Å²) in [5.74, 6) is -1.26. The van der Waals surface area contributed by atoms with Crippen molar-refractivity contribution >= 4 is 15.9 Å². The molecule has 0 bridgehead atoms. The first-order chi connectivity index (χ1) is 17.6. The van der Waals surface area contributed by atoms with Gasteiger partial charge in [0.2, 0.25) is 15.9 Å². The maximum Gasteiger partial charge on any atom is 0.243 e. The van der Waals surface area contributed by atoms with Crippen molar-refractivity contribution in [1.29, 1.82) is 5.26 Å². The van der Waals surface area contributed by atoms with E-state index < -0.39 is 27.3 Å². The number of hydrogen-bond acceptors (Lipinski definition) is 6. The monoisotopic (exact) mass is 525 g/mol. The van der Waals surface area contributed by atoms with E-state index >= 15 is 0 Å². The lowest BCUT2D eigenvalue weighted by Gasteiger charge is -2.36. The van der Waals surface area contributed by atoms with Crippen molar-refractivity contribution in [2.75, 3.05) is 20.2 Å². The fourth-order valence-corrected chi connectivity index (χ4v) is 6.23. The van der Waals surface area contributed by atoms with E-state index in [1.165, 1.54) is 35.7 Å². The van der Waals surface area contributed by atoms with E-state index in [0.717, 1.165) is 0 Å². The number of carbonyl (C=O) groups is 1. The number of rotatable bonds is 7. The molecule has 11 heteroatoms. The van der Waals surface area contributed by atoms with Crippen LogP contribution >= 0.6 is 0 Å². The molecule has 194 valence electrons. The maximum absolute atomic E-state index is 14.6. The van der Waals surface area contributed by atoms with Crippen LogP contribution in [-0.2, 0) is 27.4 Å². The Morgan fingerprint density at radius 3 is 2.73 bits per heavy atom. The highest BCUT2D eigenvalue weighted by molar-refractivity contribution is 7.89. The number of imidazole rings is 1. The number of nitrogens with zero attached hydrogens (tertiary/aromatic N) is 4. The van der Waals surface area contributed by atoms with Crippen LogP contribution in [0, 0.1) is 23.1 Å². The summed E-state index contributed by atoms with van der Waals surface area (Å²) in [5.41, 5.74) is -0.266. The van der Waals surface area contributed by atoms with E-state index in [9.17, 15) is 17.6 Å². The zero-order valence-corrected chi connectivity index (χ0v) is 21.6. The predicted molar refractivity (Wildman–Crippen MR) is 133 cm³/mol. The molecule has 2 atom stereocenters. The predicted octanol–water partition coefficient (Wildman–Crippen LogP) is 2.92. The molecule has 2 unspecified atom stereocenters. The molecule has 0 aliphatic carbocycles. The standard InChI is InChI=1S/C26H28FN5O4S/c1-26(24-15-29-17-31(24)2,20-10-9-18(14-28)23(27)12-20)30-25(33)19-6-5-11-32(16-19)37(34,35)22-8-4-7-21(13-22)36-3/h4,7-10,12-13,15,17,19H,5-6,11,16H2,1-3H3,(H,30,33). The second-order valence-corrected chi connectivity index (χ2v) is 11.1. The molecule has 2 aromatic carbocycles. The quantitative estimate of drug-likeness (QED) is 0.507. The average Bonchev–Trinajstić information content (AvgIpc) is 3.35. The van der Waals surface area contributed by atoms with Crippen molar-refractivity contribution in [2.45, 2.75) is 30.2 Å². The molecular formula is C26H28FN5O4S. The van der Waals surface area contributed by atoms with Crippen LogP contribution < -0.4 is 10.1 Å². The number of ether oxygens (including phenoxy) is 1. The minimum absolute atomic E-state index is 0.00851. The van der Waals surface area contributed by atoms with Gasteiger partial charge in [0.15, 0.2) is 0 Å². The second-order valence-electron chi connectivity index (χ2n) is 9.19. The molecule has 1 fully saturated rings. The second kappa shape index (κ2) is 10.3. The molecule has 0 spiro atoms. The molecule has 37 heavy (non-hydrogen) atoms. The van der Waals surface area contributed by atoms with Crippen molar-refractivity contribution < 1.29 is 22.3 Å². The number of carbonyl (C=O) groups excluding carboxylic acids is 1. The first-order valence-corrected chi connectivity index (χ1v) is 13.2. The smallest absolute Gasteiger partial charge is 0.243 e. The van der Waals surface area contributed by atoms with Gasteiger partial charge in [-0.25, -0.2) is 17.8 Å². The van der Waals surface area contributed by atoms with Gasteiger partial charge in [0.1, 0.15) is 23.2 Å². The highest BCUT2D eigenvalue weighted by Gasteiger charge is 2.39. The third-order valence-electron chi connectivity index (χ3n) is 6.80. The molecule has 0 saturated carbocycles. The number of sulfonamides is 1. The topological polar surface area (TPSA) is 117 Å². The molecular weight excluding hydrogens is 497 g/mol. The molecule has 2 heterocycles. The number of benzene rings is 2. The molecule has 1 aromatic heterocycles. The lowest BCUT2D eigenvalue weighted by Crippen LogP contribution is -2.51. The number of methoxy groups -OCH3 is 1. The summed E-state index contributed by atoms with van der Waals surface area (Å²) >= 11 is 0. The lowest BCUT2D eigenvalue weighted by atomic mass is 9.86. The number of halogens is 1. The summed E-state index contributed by atoms with van der Waals surface area (Å²) < 4.78 is 49.4. The van der Waals surface area contributed by atoms with E-state index in [2.05, 4.69) is 10.3 Å². The van der Waals surface area contributed by atoms with Gasteiger partial charge in [0.25, 0.3) is 0 Å². The molecule has 1 amide bonds. The normalized spacial score (nSPS) is 18.0. The van der Waals surface area contributed by atoms with Gasteiger partial charge in [-0.3, -0.25) is 4.79 Å². The maximum atomic E-state index is 14.6. The number of aromatic nitrogens is 2. The van der Waals surface area contributed by atoms with Gasteiger partial charge in [-0.1, -0.05) is 12.1 Å². The summed E-state index contributed by atoms with van der Waals surface area (Å²) in [7, 11) is -0.617. The Balaban J connectivity index is 1.62. The molecule has 1 aliphatic heterocycles. The number of hydrogen-bond donors (Lipinski definition) is 1. The largest absolute Gasteiger partial charge is 0.497 e. The van der Waals surface area contributed by atoms with Gasteiger partial charge >= 0.3 is 0 Å². The summed E-state index contributed by atoms with van der Waals surface area (Å²) in [5, 5.41) is 12.1. The fourth-order valence-electron chi connectivity index (χ4n) is 4.67. The first kappa shape index (κ1) is 26.3. The first-order valence-electron chi connectivity index (χ1n) is 11.7. The van der Waals surface area contributed by atoms with Crippen LogP contribution in [0.4, 0.5) is 4.39 Å². The van der Waals surface area contributed by atoms with Crippen LogP contribution in [0.1, 0.15) is 36.6 Å². The number of nitriles is 1. The molecule has 1 aliphatic rings. The van der Waals surface area contributed by atoms with Gasteiger partial charge in [0.05, 0.1) is 41.7 Å². The SMILES string of the molecule is COc1cccc(S(=O)(=O)N2CCCC(C(=O)NC(C)(c3ccc(C#N)c(F)c3)c3cncn3C)C2)c1. The molecule has 1 saturated heterocycles. The summed E-state index contributed by atoms with van der Waals surface area (Å²) in [6.45, 7) is 2.04. The Kier molecular flexibility index (Phi) is 7.34. The van der Waals surface area contributed by atoms with Gasteiger partial charge in [-0.15, -0.1) is 0 Å². The van der Waals surface area contributed by atoms with Crippen molar-refractivity contribution in [3.05, 3.63) is 77.6 Å². The van der Waals surface area contributed by atoms with Gasteiger partial charge in [0, 0.05) is 26.2 Å². The Morgan fingerprint density at radius 2 is 2.08 bits per heavy atom. The molecule has 9 nitrogen and oxygen atoms in total. The molecule has 3 aromatic rings. The number of piperidine rings is 1. The highest BCUT2D eigenvalue weighted by Crippen LogP contribution is 2.32. The average molecular weight is 526 g/mol. The summed E-state index contributed by atoms with van der Waals surface area (Å²) in [4.78, 5) is 17.8. The van der Waals surface area contributed by atoms with Crippen molar-refractivity contribution in [2.24, 2.45) is 13.0 Å². The molecule has 1 N–H and O–H groups in total. The zero-order valence-electron chi connectivity index (χ0n) is 20.8. The van der Waals surface area contributed by atoms with E-state index in [1.54, 1.807) is 55.3 Å². The minimum Gasteiger partial charge on any atom is -0.497 e. The van der Waals surface area contributed by atoms with Gasteiger partial charge in [-0.05, 0) is 49.6 Å². The van der Waals surface area contributed by atoms with E-state index in [1.807, 2.05) is 0 Å². The highest BCUT2D eigenvalue weighted by atomic mass is 32.2. The zero-order chi connectivity index (χ0) is 26.8. The summed E-state index contributed by atoms with van der Waals surface area (Å²) in [6, 6.07) is 12.2. The minimum atomic E-state index is -3.84. The number of nitrogens with one attached hydrogen (secondary N) is 1. The van der Waals surface area contributed by atoms with Crippen LogP contribution in [0.5, 0.6) is 5.75 Å². The van der Waals surface area contributed by atoms with Crippen LogP contribution in [0.25, 0.3) is 0 Å². The third kappa shape index (κ3) is 5.08. The van der Waals surface area contributed by atoms with Crippen LogP contribution in [0.15, 0.2) is 59.9 Å². The number of amides is 1. The van der Waals surface area contributed by atoms with E-state index in [4.69, 9.17) is 10.00 Å². The van der Waals surface area contributed by atoms with Crippen molar-refractivity contribution in [3.63, 3.8) is 0 Å². The Morgan fingerprint density at radius 1 is 1.30 bits per heavy atom. The Hall–Kier alpha value is -3.75. The third-order valence-corrected chi connectivity index (χ3v) is 8.66. The van der Waals surface area contributed by atoms with Crippen molar-refractivity contribution in [1.82, 2.24) is 19.2 Å². The fraction of sp³-hybridized carbons (Fsp3) is 0.346. The Bertz CT molecular complexity index is 1470. The van der Waals surface area contributed by atoms with Crippen LogP contribution in [0.3, 0.4) is 0 Å². The van der Waals surface area contributed by atoms with Gasteiger partial charge < -0.3 is 14.6 Å². The van der Waals surface area contributed by atoms with Gasteiger partial charge in [-0.2, -0.15) is 9.57 Å². The van der Waals surface area contributed by atoms with Crippen LogP contribution in [-0.4, -0.2) is 48.4 Å². The Labute approximate surface area is 215 Å². The van der Waals surface area contributed by atoms with Crippen molar-refractivity contribution in [3.8, 4) is 11.8 Å². The van der Waals surface area contributed by atoms with Crippen LogP contribution in [0.2, 0.25) is 0 Å². The molecule has 0 radical (unpaired) electrons. The van der Waals surface area contributed by atoms with E-state index in [0.29, 0.717) is 36.4 Å².